The van der Waals surface area contributed by atoms with Gasteiger partial charge in [0.1, 0.15) is 78.5 Å². The van der Waals surface area contributed by atoms with Gasteiger partial charge in [0.25, 0.3) is 0 Å². The van der Waals surface area contributed by atoms with Crippen molar-refractivity contribution in [2.75, 3.05) is 0 Å². The summed E-state index contributed by atoms with van der Waals surface area (Å²) >= 11 is 0. The Kier molecular flexibility index (Phi) is 12.6. The molecule has 0 atom stereocenters. The second kappa shape index (κ2) is 19.7. The van der Waals surface area contributed by atoms with E-state index in [2.05, 4.69) is 306 Å². The van der Waals surface area contributed by atoms with Crippen LogP contribution in [0.5, 0.6) is 0 Å². The molecular weight excluding hydrogens is 961 g/mol. The van der Waals surface area contributed by atoms with Gasteiger partial charge in [0.05, 0.1) is 27.8 Å². The van der Waals surface area contributed by atoms with Crippen LogP contribution in [-0.2, 0) is 0 Å². The van der Waals surface area contributed by atoms with Crippen molar-refractivity contribution < 1.29 is 0 Å². The van der Waals surface area contributed by atoms with E-state index in [1.165, 1.54) is 157 Å². The number of para-hydroxylation sites is 3. The van der Waals surface area contributed by atoms with Crippen molar-refractivity contribution in [1.29, 1.82) is 0 Å². The average Bonchev–Trinajstić information content (AvgIpc) is 4.27. The lowest BCUT2D eigenvalue weighted by Crippen LogP contribution is -2.55. The highest BCUT2D eigenvalue weighted by molar-refractivity contribution is 8.34. The van der Waals surface area contributed by atoms with Gasteiger partial charge in [0.2, 0.25) is 0 Å². The van der Waals surface area contributed by atoms with Gasteiger partial charge in [-0.1, -0.05) is 149 Å². The Hall–Kier alpha value is -7.98. The predicted molar refractivity (Wildman–Crippen MR) is 373 cm³/mol. The highest BCUT2D eigenvalue weighted by Crippen LogP contribution is 2.74. The number of hydrogen-bond donors (Lipinski definition) is 0. The fraction of sp³-hybridized carbons (Fsp3) is 0. The molecule has 0 spiro atoms. The first-order valence-electron chi connectivity index (χ1n) is 27.8. The Morgan fingerprint density at radius 2 is 0.658 bits per heavy atom. The van der Waals surface area contributed by atoms with Crippen LogP contribution in [0, 0.1) is 0 Å². The van der Waals surface area contributed by atoms with Crippen LogP contribution >= 0.6 is 10.0 Å². The number of rotatable bonds is 9. The standard InChI is InChI=1S/C66H56B10N2S/c67-56-54(57(68)61(72)64(75)60(56)71)47-35-42(79(39-20-7-2-8-21-39,40-22-9-3-10-23-40)41-24-11-4-12-25-41)36-48(55-58(69)62(73)65(76)63(74)59(55)70)66(47)78-49-29-15-13-26-44(49)46-34-37(32-33-51(46)78)43-28-17-31-52-53(43)45-27-14-16-30-50(45)77(52)38-18-5-1-6-19-38/h1-36H,67-76H2. The van der Waals surface area contributed by atoms with Gasteiger partial charge < -0.3 is 9.13 Å². The van der Waals surface area contributed by atoms with Gasteiger partial charge >= 0.3 is 0 Å². The molecular formula is C66H56B10N2S. The van der Waals surface area contributed by atoms with Crippen LogP contribution in [0.3, 0.4) is 0 Å². The minimum atomic E-state index is -2.15. The maximum absolute atomic E-state index is 2.65. The van der Waals surface area contributed by atoms with Gasteiger partial charge in [-0.15, -0.1) is 42.8 Å². The maximum Gasteiger partial charge on any atom is 0.139 e. The summed E-state index contributed by atoms with van der Waals surface area (Å²) in [5.74, 6) is 0. The third-order valence-corrected chi connectivity index (χ3v) is 22.1. The largest absolute Gasteiger partial charge is 0.309 e. The molecule has 0 aliphatic rings. The van der Waals surface area contributed by atoms with E-state index in [1.807, 2.05) is 0 Å². The average molecular weight is 1020 g/mol. The summed E-state index contributed by atoms with van der Waals surface area (Å²) in [5, 5.41) is 4.97. The lowest BCUT2D eigenvalue weighted by Gasteiger charge is -2.43. The summed E-state index contributed by atoms with van der Waals surface area (Å²) in [7, 11) is 21.3. The van der Waals surface area contributed by atoms with Gasteiger partial charge in [0, 0.05) is 57.9 Å². The fourth-order valence-electron chi connectivity index (χ4n) is 13.4. The van der Waals surface area contributed by atoms with Crippen molar-refractivity contribution in [3.8, 4) is 44.8 Å². The Balaban J connectivity index is 1.22. The molecule has 0 aliphatic carbocycles. The molecule has 0 amide bonds. The van der Waals surface area contributed by atoms with Crippen LogP contribution in [0.4, 0.5) is 0 Å². The highest BCUT2D eigenvalue weighted by Gasteiger charge is 2.36. The summed E-state index contributed by atoms with van der Waals surface area (Å²) < 4.78 is 5.08. The molecule has 0 aliphatic heterocycles. The van der Waals surface area contributed by atoms with Crippen LogP contribution < -0.4 is 54.6 Å². The predicted octanol–water partition coefficient (Wildman–Crippen LogP) is 0.807. The number of nitrogens with zero attached hydrogens (tertiary/aromatic N) is 2. The minimum absolute atomic E-state index is 1.16. The molecule has 2 aromatic heterocycles. The van der Waals surface area contributed by atoms with E-state index in [4.69, 9.17) is 0 Å². The second-order valence-electron chi connectivity index (χ2n) is 21.9. The van der Waals surface area contributed by atoms with Crippen molar-refractivity contribution in [2.24, 2.45) is 0 Å². The molecule has 13 rings (SSSR count). The molecule has 0 radical (unpaired) electrons. The SMILES string of the molecule is Bc1c(B)c(B)c(-c2cc(S(c3ccccc3)(c3ccccc3)c3ccccc3)cc(-c3c(B)c(B)c(B)c(B)c3B)c2-n2c3ccccc3c3cc(-c4cccc5c4c4ccccc4n5-c4ccccc4)ccc32)c(B)c1B. The fourth-order valence-corrected chi connectivity index (χ4v) is 17.3. The molecule has 79 heavy (non-hydrogen) atoms. The van der Waals surface area contributed by atoms with Gasteiger partial charge in [-0.3, -0.25) is 0 Å². The van der Waals surface area contributed by atoms with Gasteiger partial charge in [-0.2, -0.15) is 0 Å². The Morgan fingerprint density at radius 1 is 0.266 bits per heavy atom. The Morgan fingerprint density at radius 3 is 1.15 bits per heavy atom. The van der Waals surface area contributed by atoms with Crippen LogP contribution in [0.1, 0.15) is 0 Å². The maximum atomic E-state index is 2.65. The minimum Gasteiger partial charge on any atom is -0.309 e. The van der Waals surface area contributed by atoms with Crippen LogP contribution in [0.25, 0.3) is 88.4 Å². The molecule has 2 nitrogen and oxygen atoms in total. The van der Waals surface area contributed by atoms with Crippen molar-refractivity contribution >= 4 is 187 Å². The molecule has 0 unspecified atom stereocenters. The van der Waals surface area contributed by atoms with Crippen LogP contribution in [0.15, 0.2) is 238 Å². The normalized spacial score (nSPS) is 12.0. The zero-order valence-electron chi connectivity index (χ0n) is 47.1. The molecule has 0 fully saturated rings. The van der Waals surface area contributed by atoms with E-state index in [1.54, 1.807) is 0 Å². The molecule has 13 heteroatoms. The smallest absolute Gasteiger partial charge is 0.139 e. The lowest BCUT2D eigenvalue weighted by molar-refractivity contribution is 1.17. The molecule has 0 saturated carbocycles. The van der Waals surface area contributed by atoms with E-state index in [9.17, 15) is 0 Å². The Bertz CT molecular complexity index is 4360. The van der Waals surface area contributed by atoms with Crippen molar-refractivity contribution in [3.05, 3.63) is 218 Å². The first-order valence-corrected chi connectivity index (χ1v) is 29.5. The van der Waals surface area contributed by atoms with Gasteiger partial charge in [-0.05, 0) is 113 Å². The van der Waals surface area contributed by atoms with Crippen molar-refractivity contribution in [3.63, 3.8) is 0 Å². The Labute approximate surface area is 475 Å². The van der Waals surface area contributed by atoms with Gasteiger partial charge in [-0.25, -0.2) is 0 Å². The summed E-state index contributed by atoms with van der Waals surface area (Å²) in [5.41, 5.74) is 28.0. The number of hydrogen-bond acceptors (Lipinski definition) is 0. The first-order chi connectivity index (χ1) is 38.4. The topological polar surface area (TPSA) is 9.86 Å². The summed E-state index contributed by atoms with van der Waals surface area (Å²) in [4.78, 5) is 5.22. The molecule has 0 N–H and O–H groups in total. The molecule has 2 heterocycles. The summed E-state index contributed by atoms with van der Waals surface area (Å²) in [6.07, 6.45) is 0. The molecule has 11 aromatic carbocycles. The van der Waals surface area contributed by atoms with E-state index in [-0.39, 0.29) is 0 Å². The number of aromatic nitrogens is 2. The molecule has 0 bridgehead atoms. The third kappa shape index (κ3) is 7.71. The summed E-state index contributed by atoms with van der Waals surface area (Å²) in [6, 6.07) is 82.4. The quantitative estimate of drug-likeness (QED) is 0.190. The third-order valence-electron chi connectivity index (χ3n) is 18.2. The molecule has 0 saturated heterocycles. The van der Waals surface area contributed by atoms with Gasteiger partial charge in [0.15, 0.2) is 0 Å². The van der Waals surface area contributed by atoms with Crippen LogP contribution in [0.2, 0.25) is 0 Å². The monoisotopic (exact) mass is 1020 g/mol. The second-order valence-corrected chi connectivity index (χ2v) is 25.0. The van der Waals surface area contributed by atoms with Crippen molar-refractivity contribution in [1.82, 2.24) is 9.13 Å². The van der Waals surface area contributed by atoms with E-state index in [0.29, 0.717) is 0 Å². The van der Waals surface area contributed by atoms with E-state index >= 15 is 0 Å². The molecule has 13 aromatic rings. The van der Waals surface area contributed by atoms with Crippen molar-refractivity contribution in [2.45, 2.75) is 19.6 Å². The zero-order chi connectivity index (χ0) is 54.4. The first kappa shape index (κ1) is 50.5. The highest BCUT2D eigenvalue weighted by atomic mass is 32.3. The lowest BCUT2D eigenvalue weighted by atomic mass is 9.58. The zero-order valence-corrected chi connectivity index (χ0v) is 47.9. The van der Waals surface area contributed by atoms with Crippen LogP contribution in [-0.4, -0.2) is 87.6 Å². The molecule has 366 valence electrons. The number of benzene rings is 11. The van der Waals surface area contributed by atoms with E-state index < -0.39 is 10.0 Å². The van der Waals surface area contributed by atoms with E-state index in [0.717, 1.165) is 5.69 Å². The number of fused-ring (bicyclic) bond motifs is 6. The summed E-state index contributed by atoms with van der Waals surface area (Å²) in [6.45, 7) is 0.